The molecule has 5 heteroatoms. The van der Waals surface area contributed by atoms with Gasteiger partial charge >= 0.3 is 0 Å². The molecule has 1 fully saturated rings. The molecule has 2 aromatic rings. The highest BCUT2D eigenvalue weighted by atomic mass is 16.2. The van der Waals surface area contributed by atoms with Gasteiger partial charge < -0.3 is 10.6 Å². The van der Waals surface area contributed by atoms with E-state index in [2.05, 4.69) is 15.5 Å². The molecule has 2 N–H and O–H groups in total. The summed E-state index contributed by atoms with van der Waals surface area (Å²) in [6.07, 6.45) is 2.56. The van der Waals surface area contributed by atoms with Crippen LogP contribution in [0.5, 0.6) is 0 Å². The molecule has 1 saturated carbocycles. The van der Waals surface area contributed by atoms with Crippen molar-refractivity contribution >= 4 is 23.2 Å². The molecule has 0 saturated heterocycles. The van der Waals surface area contributed by atoms with Gasteiger partial charge in [0.15, 0.2) is 0 Å². The van der Waals surface area contributed by atoms with Gasteiger partial charge in [-0.15, -0.1) is 0 Å². The van der Waals surface area contributed by atoms with E-state index in [9.17, 15) is 9.59 Å². The van der Waals surface area contributed by atoms with Crippen molar-refractivity contribution in [2.24, 2.45) is 0 Å². The average Bonchev–Trinajstić information content (AvgIpc) is 3.47. The molecule has 0 radical (unpaired) electrons. The van der Waals surface area contributed by atoms with Crippen molar-refractivity contribution in [1.29, 1.82) is 0 Å². The minimum Gasteiger partial charge on any atom is -0.326 e. The van der Waals surface area contributed by atoms with Crippen LogP contribution in [0.4, 0.5) is 11.4 Å². The summed E-state index contributed by atoms with van der Waals surface area (Å²) < 4.78 is 0. The second kappa shape index (κ2) is 9.02. The Kier molecular flexibility index (Phi) is 6.47. The van der Waals surface area contributed by atoms with Crippen molar-refractivity contribution in [3.63, 3.8) is 0 Å². The number of amides is 2. The minimum absolute atomic E-state index is 0.0220. The molecule has 0 unspecified atom stereocenters. The highest BCUT2D eigenvalue weighted by molar-refractivity contribution is 5.93. The first kappa shape index (κ1) is 20.1. The number of aryl methyl sites for hydroxylation is 3. The maximum atomic E-state index is 12.5. The number of rotatable bonds is 8. The summed E-state index contributed by atoms with van der Waals surface area (Å²) >= 11 is 0. The summed E-state index contributed by atoms with van der Waals surface area (Å²) in [5.41, 5.74) is 4.95. The fraction of sp³-hybridized carbons (Fsp3) is 0.391. The zero-order chi connectivity index (χ0) is 20.1. The molecule has 0 bridgehead atoms. The normalized spacial score (nSPS) is 13.4. The Balaban J connectivity index is 1.51. The Morgan fingerprint density at radius 3 is 2.43 bits per heavy atom. The number of hydrogen-bond donors (Lipinski definition) is 2. The number of anilines is 2. The number of benzene rings is 2. The second-order valence-corrected chi connectivity index (χ2v) is 7.74. The smallest absolute Gasteiger partial charge is 0.238 e. The van der Waals surface area contributed by atoms with Crippen molar-refractivity contribution in [3.8, 4) is 0 Å². The van der Waals surface area contributed by atoms with Crippen molar-refractivity contribution in [1.82, 2.24) is 4.90 Å². The Bertz CT molecular complexity index is 859. The van der Waals surface area contributed by atoms with E-state index in [0.29, 0.717) is 25.6 Å². The Hall–Kier alpha value is -2.66. The van der Waals surface area contributed by atoms with Crippen LogP contribution in [0.1, 0.15) is 36.0 Å². The predicted molar refractivity (Wildman–Crippen MR) is 114 cm³/mol. The third-order valence-electron chi connectivity index (χ3n) is 5.01. The Morgan fingerprint density at radius 1 is 0.964 bits per heavy atom. The van der Waals surface area contributed by atoms with Gasteiger partial charge in [-0.1, -0.05) is 24.3 Å². The zero-order valence-electron chi connectivity index (χ0n) is 16.9. The molecule has 1 aliphatic rings. The molecule has 0 heterocycles. The van der Waals surface area contributed by atoms with Crippen LogP contribution in [-0.2, 0) is 9.59 Å². The van der Waals surface area contributed by atoms with Gasteiger partial charge in [0, 0.05) is 30.4 Å². The van der Waals surface area contributed by atoms with E-state index in [4.69, 9.17) is 0 Å². The van der Waals surface area contributed by atoms with Crippen LogP contribution in [0, 0.1) is 20.8 Å². The number of carbonyl (C=O) groups excluding carboxylic acids is 2. The molecule has 0 aliphatic heterocycles. The maximum absolute atomic E-state index is 12.5. The molecule has 28 heavy (non-hydrogen) atoms. The van der Waals surface area contributed by atoms with E-state index in [1.807, 2.05) is 63.2 Å². The van der Waals surface area contributed by atoms with Gasteiger partial charge in [0.05, 0.1) is 6.54 Å². The van der Waals surface area contributed by atoms with Gasteiger partial charge in [0.2, 0.25) is 11.8 Å². The van der Waals surface area contributed by atoms with E-state index >= 15 is 0 Å². The summed E-state index contributed by atoms with van der Waals surface area (Å²) in [6, 6.07) is 14.2. The summed E-state index contributed by atoms with van der Waals surface area (Å²) in [6.45, 7) is 6.90. The Morgan fingerprint density at radius 2 is 1.71 bits per heavy atom. The van der Waals surface area contributed by atoms with Crippen LogP contribution in [-0.4, -0.2) is 35.8 Å². The monoisotopic (exact) mass is 379 g/mol. The Labute approximate surface area is 167 Å². The standard InChI is InChI=1S/C23H29N3O2/c1-16-5-4-6-19(13-16)24-22(27)11-12-26(20-9-10-20)15-23(28)25-21-14-17(2)7-8-18(21)3/h4-8,13-14,20H,9-12,15H2,1-3H3,(H,24,27)(H,25,28). The lowest BCUT2D eigenvalue weighted by atomic mass is 10.1. The van der Waals surface area contributed by atoms with E-state index in [-0.39, 0.29) is 11.8 Å². The largest absolute Gasteiger partial charge is 0.326 e. The molecule has 148 valence electrons. The van der Waals surface area contributed by atoms with Gasteiger partial charge in [-0.05, 0) is 68.5 Å². The van der Waals surface area contributed by atoms with Crippen LogP contribution in [0.3, 0.4) is 0 Å². The van der Waals surface area contributed by atoms with Crippen molar-refractivity contribution in [3.05, 3.63) is 59.2 Å². The van der Waals surface area contributed by atoms with E-state index in [0.717, 1.165) is 40.9 Å². The topological polar surface area (TPSA) is 61.4 Å². The molecule has 2 amide bonds. The van der Waals surface area contributed by atoms with E-state index < -0.39 is 0 Å². The fourth-order valence-electron chi connectivity index (χ4n) is 3.27. The first-order valence-electron chi connectivity index (χ1n) is 9.88. The number of hydrogen-bond acceptors (Lipinski definition) is 3. The van der Waals surface area contributed by atoms with Crippen LogP contribution < -0.4 is 10.6 Å². The zero-order valence-corrected chi connectivity index (χ0v) is 16.9. The molecule has 0 atom stereocenters. The maximum Gasteiger partial charge on any atom is 0.238 e. The molecule has 1 aliphatic carbocycles. The fourth-order valence-corrected chi connectivity index (χ4v) is 3.27. The molecule has 0 spiro atoms. The summed E-state index contributed by atoms with van der Waals surface area (Å²) in [5, 5.41) is 5.95. The molecular weight excluding hydrogens is 350 g/mol. The van der Waals surface area contributed by atoms with Crippen molar-refractivity contribution in [2.75, 3.05) is 23.7 Å². The lowest BCUT2D eigenvalue weighted by molar-refractivity contribution is -0.119. The summed E-state index contributed by atoms with van der Waals surface area (Å²) in [4.78, 5) is 27.0. The van der Waals surface area contributed by atoms with Crippen LogP contribution >= 0.6 is 0 Å². The molecule has 0 aromatic heterocycles. The third kappa shape index (κ3) is 5.92. The minimum atomic E-state index is -0.0281. The summed E-state index contributed by atoms with van der Waals surface area (Å²) in [5.74, 6) is -0.0501. The molecule has 3 rings (SSSR count). The van der Waals surface area contributed by atoms with Gasteiger partial charge in [-0.25, -0.2) is 0 Å². The van der Waals surface area contributed by atoms with Crippen LogP contribution in [0.2, 0.25) is 0 Å². The number of nitrogens with zero attached hydrogens (tertiary/aromatic N) is 1. The summed E-state index contributed by atoms with van der Waals surface area (Å²) in [7, 11) is 0. The SMILES string of the molecule is Cc1cccc(NC(=O)CCN(CC(=O)Nc2cc(C)ccc2C)C2CC2)c1. The van der Waals surface area contributed by atoms with Crippen molar-refractivity contribution in [2.45, 2.75) is 46.1 Å². The van der Waals surface area contributed by atoms with E-state index in [1.54, 1.807) is 0 Å². The van der Waals surface area contributed by atoms with Gasteiger partial charge in [-0.2, -0.15) is 0 Å². The molecule has 5 nitrogen and oxygen atoms in total. The quantitative estimate of drug-likeness (QED) is 0.728. The highest BCUT2D eigenvalue weighted by Crippen LogP contribution is 2.27. The van der Waals surface area contributed by atoms with Gasteiger partial charge in [0.1, 0.15) is 0 Å². The average molecular weight is 380 g/mol. The first-order chi connectivity index (χ1) is 13.4. The van der Waals surface area contributed by atoms with Crippen molar-refractivity contribution < 1.29 is 9.59 Å². The molecule has 2 aromatic carbocycles. The first-order valence-corrected chi connectivity index (χ1v) is 9.88. The van der Waals surface area contributed by atoms with Crippen LogP contribution in [0.25, 0.3) is 0 Å². The molecular formula is C23H29N3O2. The number of nitrogens with one attached hydrogen (secondary N) is 2. The van der Waals surface area contributed by atoms with Gasteiger partial charge in [-0.3, -0.25) is 14.5 Å². The van der Waals surface area contributed by atoms with Gasteiger partial charge in [0.25, 0.3) is 0 Å². The van der Waals surface area contributed by atoms with Crippen LogP contribution in [0.15, 0.2) is 42.5 Å². The highest BCUT2D eigenvalue weighted by Gasteiger charge is 2.30. The lowest BCUT2D eigenvalue weighted by Gasteiger charge is -2.21. The number of carbonyl (C=O) groups is 2. The van der Waals surface area contributed by atoms with E-state index in [1.165, 1.54) is 0 Å². The lowest BCUT2D eigenvalue weighted by Crippen LogP contribution is -2.37. The third-order valence-corrected chi connectivity index (χ3v) is 5.01. The predicted octanol–water partition coefficient (Wildman–Crippen LogP) is 4.04. The second-order valence-electron chi connectivity index (χ2n) is 7.74.